The number of rotatable bonds is 3. The SMILES string of the molecule is CC(NC1CCCc2c1cnn2C)c1ccc(Br)cc1. The summed E-state index contributed by atoms with van der Waals surface area (Å²) >= 11 is 3.49. The van der Waals surface area contributed by atoms with Gasteiger partial charge in [-0.3, -0.25) is 4.68 Å². The summed E-state index contributed by atoms with van der Waals surface area (Å²) in [7, 11) is 2.04. The van der Waals surface area contributed by atoms with Crippen molar-refractivity contribution in [3.05, 3.63) is 51.8 Å². The van der Waals surface area contributed by atoms with E-state index in [2.05, 4.69) is 57.5 Å². The van der Waals surface area contributed by atoms with E-state index in [4.69, 9.17) is 0 Å². The minimum atomic E-state index is 0.347. The molecular weight excluding hydrogens is 314 g/mol. The van der Waals surface area contributed by atoms with E-state index < -0.39 is 0 Å². The van der Waals surface area contributed by atoms with Crippen LogP contribution in [-0.2, 0) is 13.5 Å². The maximum atomic E-state index is 4.41. The van der Waals surface area contributed by atoms with E-state index in [1.54, 1.807) is 0 Å². The van der Waals surface area contributed by atoms with Crippen LogP contribution in [-0.4, -0.2) is 9.78 Å². The highest BCUT2D eigenvalue weighted by Gasteiger charge is 2.24. The second-order valence-corrected chi connectivity index (χ2v) is 6.47. The second-order valence-electron chi connectivity index (χ2n) is 5.55. The summed E-state index contributed by atoms with van der Waals surface area (Å²) < 4.78 is 3.15. The Bertz CT molecular complexity index is 588. The van der Waals surface area contributed by atoms with Crippen molar-refractivity contribution in [1.82, 2.24) is 15.1 Å². The third-order valence-electron chi connectivity index (χ3n) is 4.20. The smallest absolute Gasteiger partial charge is 0.0540 e. The Morgan fingerprint density at radius 1 is 1.35 bits per heavy atom. The summed E-state index contributed by atoms with van der Waals surface area (Å²) in [5, 5.41) is 8.17. The number of hydrogen-bond donors (Lipinski definition) is 1. The quantitative estimate of drug-likeness (QED) is 0.922. The molecule has 2 unspecified atom stereocenters. The van der Waals surface area contributed by atoms with Crippen LogP contribution in [0.3, 0.4) is 0 Å². The molecule has 1 aromatic carbocycles. The summed E-state index contributed by atoms with van der Waals surface area (Å²) in [5.74, 6) is 0. The first-order valence-electron chi connectivity index (χ1n) is 7.17. The predicted molar refractivity (Wildman–Crippen MR) is 84.6 cm³/mol. The van der Waals surface area contributed by atoms with Crippen molar-refractivity contribution in [3.63, 3.8) is 0 Å². The fourth-order valence-corrected chi connectivity index (χ4v) is 3.29. The topological polar surface area (TPSA) is 29.9 Å². The van der Waals surface area contributed by atoms with Crippen molar-refractivity contribution >= 4 is 15.9 Å². The Kier molecular flexibility index (Phi) is 3.94. The normalized spacial score (nSPS) is 19.6. The van der Waals surface area contributed by atoms with Gasteiger partial charge >= 0.3 is 0 Å². The molecule has 0 spiro atoms. The molecule has 3 nitrogen and oxygen atoms in total. The lowest BCUT2D eigenvalue weighted by Gasteiger charge is -2.27. The molecule has 1 aliphatic rings. The van der Waals surface area contributed by atoms with Gasteiger partial charge in [-0.05, 0) is 43.9 Å². The van der Waals surface area contributed by atoms with E-state index in [0.717, 1.165) is 10.9 Å². The average Bonchev–Trinajstić information content (AvgIpc) is 2.82. The van der Waals surface area contributed by atoms with Crippen molar-refractivity contribution in [2.24, 2.45) is 7.05 Å². The van der Waals surface area contributed by atoms with E-state index in [1.807, 2.05) is 17.9 Å². The third kappa shape index (κ3) is 2.67. The van der Waals surface area contributed by atoms with E-state index in [1.165, 1.54) is 29.7 Å². The van der Waals surface area contributed by atoms with Crippen LogP contribution in [0.4, 0.5) is 0 Å². The molecule has 2 aromatic rings. The zero-order chi connectivity index (χ0) is 14.1. The van der Waals surface area contributed by atoms with E-state index in [0.29, 0.717) is 12.1 Å². The molecule has 0 fully saturated rings. The van der Waals surface area contributed by atoms with Crippen molar-refractivity contribution in [2.45, 2.75) is 38.3 Å². The molecule has 3 rings (SSSR count). The van der Waals surface area contributed by atoms with Gasteiger partial charge in [0.15, 0.2) is 0 Å². The van der Waals surface area contributed by atoms with E-state index in [-0.39, 0.29) is 0 Å². The molecule has 1 aliphatic carbocycles. The molecule has 20 heavy (non-hydrogen) atoms. The molecule has 0 saturated heterocycles. The Morgan fingerprint density at radius 3 is 2.85 bits per heavy atom. The van der Waals surface area contributed by atoms with Gasteiger partial charge in [-0.2, -0.15) is 5.10 Å². The van der Waals surface area contributed by atoms with Gasteiger partial charge in [-0.25, -0.2) is 0 Å². The molecule has 0 aliphatic heterocycles. The highest BCUT2D eigenvalue weighted by molar-refractivity contribution is 9.10. The Hall–Kier alpha value is -1.13. The molecule has 1 heterocycles. The minimum Gasteiger partial charge on any atom is -0.303 e. The standard InChI is InChI=1S/C16H20BrN3/c1-11(12-6-8-13(17)9-7-12)19-15-4-3-5-16-14(15)10-18-20(16)2/h6-11,15,19H,3-5H2,1-2H3. The van der Waals surface area contributed by atoms with Crippen molar-refractivity contribution in [3.8, 4) is 0 Å². The summed E-state index contributed by atoms with van der Waals surface area (Å²) in [4.78, 5) is 0. The summed E-state index contributed by atoms with van der Waals surface area (Å²) in [5.41, 5.74) is 4.09. The number of halogens is 1. The molecule has 4 heteroatoms. The van der Waals surface area contributed by atoms with Gasteiger partial charge in [0, 0.05) is 34.9 Å². The lowest BCUT2D eigenvalue weighted by atomic mass is 9.92. The van der Waals surface area contributed by atoms with Gasteiger partial charge in [0.1, 0.15) is 0 Å². The van der Waals surface area contributed by atoms with E-state index >= 15 is 0 Å². The molecule has 0 radical (unpaired) electrons. The zero-order valence-electron chi connectivity index (χ0n) is 11.9. The Morgan fingerprint density at radius 2 is 2.10 bits per heavy atom. The molecule has 2 atom stereocenters. The minimum absolute atomic E-state index is 0.347. The maximum Gasteiger partial charge on any atom is 0.0540 e. The monoisotopic (exact) mass is 333 g/mol. The summed E-state index contributed by atoms with van der Waals surface area (Å²) in [6, 6.07) is 9.32. The van der Waals surface area contributed by atoms with Crippen LogP contribution in [0.5, 0.6) is 0 Å². The first kappa shape index (κ1) is 13.8. The van der Waals surface area contributed by atoms with E-state index in [9.17, 15) is 0 Å². The first-order chi connectivity index (χ1) is 9.65. The van der Waals surface area contributed by atoms with Gasteiger partial charge in [0.2, 0.25) is 0 Å². The molecule has 0 bridgehead atoms. The van der Waals surface area contributed by atoms with Gasteiger partial charge in [-0.15, -0.1) is 0 Å². The lowest BCUT2D eigenvalue weighted by molar-refractivity contribution is 0.411. The third-order valence-corrected chi connectivity index (χ3v) is 4.73. The highest BCUT2D eigenvalue weighted by Crippen LogP contribution is 2.31. The number of nitrogens with one attached hydrogen (secondary N) is 1. The Balaban J connectivity index is 1.77. The van der Waals surface area contributed by atoms with Crippen LogP contribution >= 0.6 is 15.9 Å². The van der Waals surface area contributed by atoms with Crippen molar-refractivity contribution < 1.29 is 0 Å². The van der Waals surface area contributed by atoms with Crippen LogP contribution in [0.2, 0.25) is 0 Å². The molecule has 106 valence electrons. The van der Waals surface area contributed by atoms with Crippen molar-refractivity contribution in [2.75, 3.05) is 0 Å². The number of fused-ring (bicyclic) bond motifs is 1. The molecule has 0 saturated carbocycles. The first-order valence-corrected chi connectivity index (χ1v) is 7.96. The number of aryl methyl sites for hydroxylation is 1. The van der Waals surface area contributed by atoms with Crippen LogP contribution in [0, 0.1) is 0 Å². The van der Waals surface area contributed by atoms with Gasteiger partial charge < -0.3 is 5.32 Å². The number of hydrogen-bond acceptors (Lipinski definition) is 2. The average molecular weight is 334 g/mol. The van der Waals surface area contributed by atoms with Crippen LogP contribution < -0.4 is 5.32 Å². The van der Waals surface area contributed by atoms with Gasteiger partial charge in [0.25, 0.3) is 0 Å². The molecule has 1 N–H and O–H groups in total. The fourth-order valence-electron chi connectivity index (χ4n) is 3.03. The van der Waals surface area contributed by atoms with Crippen LogP contribution in [0.25, 0.3) is 0 Å². The second kappa shape index (κ2) is 5.70. The fraction of sp³-hybridized carbons (Fsp3) is 0.438. The Labute approximate surface area is 128 Å². The molecule has 0 amide bonds. The largest absolute Gasteiger partial charge is 0.303 e. The number of aromatic nitrogens is 2. The molecular formula is C16H20BrN3. The predicted octanol–water partition coefficient (Wildman–Crippen LogP) is 3.91. The summed E-state index contributed by atoms with van der Waals surface area (Å²) in [6.07, 6.45) is 5.61. The van der Waals surface area contributed by atoms with Crippen LogP contribution in [0.1, 0.15) is 48.7 Å². The van der Waals surface area contributed by atoms with Gasteiger partial charge in [-0.1, -0.05) is 28.1 Å². The number of nitrogens with zero attached hydrogens (tertiary/aromatic N) is 2. The van der Waals surface area contributed by atoms with Crippen LogP contribution in [0.15, 0.2) is 34.9 Å². The van der Waals surface area contributed by atoms with Gasteiger partial charge in [0.05, 0.1) is 6.20 Å². The number of benzene rings is 1. The zero-order valence-corrected chi connectivity index (χ0v) is 13.5. The maximum absolute atomic E-state index is 4.41. The summed E-state index contributed by atoms with van der Waals surface area (Å²) in [6.45, 7) is 2.23. The lowest BCUT2D eigenvalue weighted by Crippen LogP contribution is -2.27. The molecule has 1 aromatic heterocycles. The highest BCUT2D eigenvalue weighted by atomic mass is 79.9. The van der Waals surface area contributed by atoms with Crippen molar-refractivity contribution in [1.29, 1.82) is 0 Å².